The van der Waals surface area contributed by atoms with Crippen molar-refractivity contribution in [2.24, 2.45) is 5.10 Å². The molecule has 2 rings (SSSR count). The van der Waals surface area contributed by atoms with Gasteiger partial charge >= 0.3 is 0 Å². The lowest BCUT2D eigenvalue weighted by Crippen LogP contribution is -2.36. The van der Waals surface area contributed by atoms with E-state index in [0.29, 0.717) is 13.0 Å². The topological polar surface area (TPSA) is 83.0 Å². The minimum absolute atomic E-state index is 0.187. The summed E-state index contributed by atoms with van der Waals surface area (Å²) in [6.45, 7) is 4.48. The number of nitrogens with zero attached hydrogens (tertiary/aromatic N) is 1. The summed E-state index contributed by atoms with van der Waals surface area (Å²) in [5, 5.41) is 16.4. The van der Waals surface area contributed by atoms with Crippen LogP contribution in [0.3, 0.4) is 0 Å². The Labute approximate surface area is 147 Å². The smallest absolute Gasteiger partial charge is 0.262 e. The predicted molar refractivity (Wildman–Crippen MR) is 99.2 cm³/mol. The summed E-state index contributed by atoms with van der Waals surface area (Å²) in [6, 6.07) is 13.6. The summed E-state index contributed by atoms with van der Waals surface area (Å²) in [7, 11) is 0. The van der Waals surface area contributed by atoms with Crippen LogP contribution in [0.5, 0.6) is 11.5 Å². The van der Waals surface area contributed by atoms with Crippen LogP contribution in [0.2, 0.25) is 0 Å². The van der Waals surface area contributed by atoms with Gasteiger partial charge in [0.1, 0.15) is 17.5 Å². The summed E-state index contributed by atoms with van der Waals surface area (Å²) in [6.07, 6.45) is 2.15. The van der Waals surface area contributed by atoms with Crippen LogP contribution < -0.4 is 15.5 Å². The van der Waals surface area contributed by atoms with E-state index in [-0.39, 0.29) is 11.7 Å². The van der Waals surface area contributed by atoms with Crippen molar-refractivity contribution in [1.29, 1.82) is 0 Å². The molecule has 0 saturated carbocycles. The van der Waals surface area contributed by atoms with E-state index in [1.165, 1.54) is 6.21 Å². The lowest BCUT2D eigenvalue weighted by molar-refractivity contribution is -0.121. The van der Waals surface area contributed by atoms with Crippen molar-refractivity contribution in [1.82, 2.24) is 5.43 Å². The molecular weight excluding hydrogens is 318 g/mol. The minimum atomic E-state index is -0.394. The van der Waals surface area contributed by atoms with Gasteiger partial charge in [0.2, 0.25) is 0 Å². The van der Waals surface area contributed by atoms with Crippen LogP contribution in [0.15, 0.2) is 53.6 Å². The van der Waals surface area contributed by atoms with Gasteiger partial charge in [-0.2, -0.15) is 5.10 Å². The van der Waals surface area contributed by atoms with Crippen LogP contribution in [-0.2, 0) is 4.79 Å². The van der Waals surface area contributed by atoms with Gasteiger partial charge in [-0.25, -0.2) is 5.43 Å². The number of amides is 1. The van der Waals surface area contributed by atoms with Crippen molar-refractivity contribution in [3.05, 3.63) is 54.1 Å². The Morgan fingerprint density at radius 3 is 2.44 bits per heavy atom. The molecule has 6 heteroatoms. The van der Waals surface area contributed by atoms with Gasteiger partial charge in [-0.1, -0.05) is 6.92 Å². The van der Waals surface area contributed by atoms with Crippen molar-refractivity contribution in [3.63, 3.8) is 0 Å². The van der Waals surface area contributed by atoms with E-state index in [2.05, 4.69) is 15.8 Å². The highest BCUT2D eigenvalue weighted by Gasteiger charge is 2.15. The number of phenolic OH excluding ortho intramolecular Hbond substituents is 1. The molecule has 0 aliphatic rings. The zero-order valence-corrected chi connectivity index (χ0v) is 14.4. The molecule has 3 N–H and O–H groups in total. The number of ether oxygens (including phenoxy) is 1. The predicted octanol–water partition coefficient (Wildman–Crippen LogP) is 3.13. The number of benzene rings is 2. The van der Waals surface area contributed by atoms with Crippen molar-refractivity contribution in [3.8, 4) is 11.5 Å². The Hall–Kier alpha value is -3.02. The van der Waals surface area contributed by atoms with Crippen molar-refractivity contribution >= 4 is 17.8 Å². The van der Waals surface area contributed by atoms with Crippen molar-refractivity contribution in [2.75, 3.05) is 11.9 Å². The number of phenols is 1. The number of rotatable bonds is 8. The van der Waals surface area contributed by atoms with Gasteiger partial charge in [-0.15, -0.1) is 0 Å². The zero-order chi connectivity index (χ0) is 18.1. The lowest BCUT2D eigenvalue weighted by atomic mass is 10.2. The average molecular weight is 341 g/mol. The molecule has 1 unspecified atom stereocenters. The first-order valence-electron chi connectivity index (χ1n) is 8.23. The highest BCUT2D eigenvalue weighted by Crippen LogP contribution is 2.17. The Bertz CT molecular complexity index is 697. The summed E-state index contributed by atoms with van der Waals surface area (Å²) < 4.78 is 5.40. The molecule has 0 aliphatic heterocycles. The highest BCUT2D eigenvalue weighted by molar-refractivity contribution is 5.86. The van der Waals surface area contributed by atoms with E-state index in [4.69, 9.17) is 4.74 Å². The van der Waals surface area contributed by atoms with Crippen LogP contribution in [0.1, 0.15) is 25.8 Å². The number of carbonyl (C=O) groups is 1. The van der Waals surface area contributed by atoms with Gasteiger partial charge in [0.15, 0.2) is 0 Å². The molecule has 2 aromatic rings. The number of anilines is 1. The van der Waals surface area contributed by atoms with Crippen LogP contribution in [0.25, 0.3) is 0 Å². The largest absolute Gasteiger partial charge is 0.508 e. The molecule has 25 heavy (non-hydrogen) atoms. The van der Waals surface area contributed by atoms with E-state index in [1.807, 2.05) is 38.1 Å². The van der Waals surface area contributed by atoms with Crippen molar-refractivity contribution in [2.45, 2.75) is 26.3 Å². The SMILES string of the molecule is CCOc1ccc(NC(CC)C(=O)N/N=C/c2ccc(O)cc2)cc1. The maximum absolute atomic E-state index is 12.2. The number of carbonyl (C=O) groups excluding carboxylic acids is 1. The molecule has 6 nitrogen and oxygen atoms in total. The molecule has 2 aromatic carbocycles. The molecule has 0 aliphatic carbocycles. The van der Waals surface area contributed by atoms with Gasteiger partial charge in [-0.3, -0.25) is 4.79 Å². The zero-order valence-electron chi connectivity index (χ0n) is 14.4. The molecule has 0 bridgehead atoms. The summed E-state index contributed by atoms with van der Waals surface area (Å²) >= 11 is 0. The third kappa shape index (κ3) is 5.84. The maximum atomic E-state index is 12.2. The Morgan fingerprint density at radius 2 is 1.84 bits per heavy atom. The summed E-state index contributed by atoms with van der Waals surface area (Å²) in [5.41, 5.74) is 4.15. The molecular formula is C19H23N3O3. The maximum Gasteiger partial charge on any atom is 0.262 e. The van der Waals surface area contributed by atoms with Gasteiger partial charge in [-0.05, 0) is 67.4 Å². The van der Waals surface area contributed by atoms with Crippen LogP contribution in [0.4, 0.5) is 5.69 Å². The first-order valence-corrected chi connectivity index (χ1v) is 8.23. The lowest BCUT2D eigenvalue weighted by Gasteiger charge is -2.16. The minimum Gasteiger partial charge on any atom is -0.508 e. The Kier molecular flexibility index (Phi) is 6.83. The average Bonchev–Trinajstić information content (AvgIpc) is 2.63. The molecule has 132 valence electrons. The molecule has 0 spiro atoms. The van der Waals surface area contributed by atoms with Crippen LogP contribution >= 0.6 is 0 Å². The number of nitrogens with one attached hydrogen (secondary N) is 2. The summed E-state index contributed by atoms with van der Waals surface area (Å²) in [4.78, 5) is 12.2. The second kappa shape index (κ2) is 9.32. The summed E-state index contributed by atoms with van der Waals surface area (Å²) in [5.74, 6) is 0.766. The fraction of sp³-hybridized carbons (Fsp3) is 0.263. The monoisotopic (exact) mass is 341 g/mol. The standard InChI is InChI=1S/C19H23N3O3/c1-3-18(21-15-7-11-17(12-8-15)25-4-2)19(24)22-20-13-14-5-9-16(23)10-6-14/h5-13,18,21,23H,3-4H2,1-2H3,(H,22,24)/b20-13+. The molecule has 0 fully saturated rings. The van der Waals surface area contributed by atoms with Crippen molar-refractivity contribution < 1.29 is 14.6 Å². The quantitative estimate of drug-likeness (QED) is 0.509. The number of hydrogen-bond donors (Lipinski definition) is 3. The van der Waals surface area contributed by atoms with E-state index < -0.39 is 6.04 Å². The number of aromatic hydroxyl groups is 1. The second-order valence-corrected chi connectivity index (χ2v) is 5.39. The van der Waals surface area contributed by atoms with Gasteiger partial charge in [0.25, 0.3) is 5.91 Å². The molecule has 1 atom stereocenters. The van der Waals surface area contributed by atoms with Gasteiger partial charge < -0.3 is 15.2 Å². The Balaban J connectivity index is 1.90. The molecule has 0 heterocycles. The first kappa shape index (κ1) is 18.3. The fourth-order valence-corrected chi connectivity index (χ4v) is 2.18. The third-order valence-electron chi connectivity index (χ3n) is 3.51. The highest BCUT2D eigenvalue weighted by atomic mass is 16.5. The number of hydrazone groups is 1. The third-order valence-corrected chi connectivity index (χ3v) is 3.51. The normalized spacial score (nSPS) is 11.9. The van der Waals surface area contributed by atoms with Gasteiger partial charge in [0, 0.05) is 5.69 Å². The van der Waals surface area contributed by atoms with E-state index in [1.54, 1.807) is 24.3 Å². The van der Waals surface area contributed by atoms with Gasteiger partial charge in [0.05, 0.1) is 12.8 Å². The second-order valence-electron chi connectivity index (χ2n) is 5.39. The number of hydrogen-bond acceptors (Lipinski definition) is 5. The van der Waals surface area contributed by atoms with E-state index in [0.717, 1.165) is 17.0 Å². The van der Waals surface area contributed by atoms with E-state index in [9.17, 15) is 9.90 Å². The Morgan fingerprint density at radius 1 is 1.16 bits per heavy atom. The van der Waals surface area contributed by atoms with Crippen LogP contribution in [0, 0.1) is 0 Å². The fourth-order valence-electron chi connectivity index (χ4n) is 2.18. The first-order chi connectivity index (χ1) is 12.1. The van der Waals surface area contributed by atoms with Crippen LogP contribution in [-0.4, -0.2) is 29.9 Å². The van der Waals surface area contributed by atoms with E-state index >= 15 is 0 Å². The molecule has 1 amide bonds. The molecule has 0 aromatic heterocycles. The molecule has 0 radical (unpaired) electrons. The molecule has 0 saturated heterocycles.